The molecule has 0 spiro atoms. The van der Waals surface area contributed by atoms with Gasteiger partial charge in [-0.2, -0.15) is 0 Å². The molecular formula is C26H32N2O3. The molecule has 2 fully saturated rings. The van der Waals surface area contributed by atoms with E-state index in [0.717, 1.165) is 38.3 Å². The summed E-state index contributed by atoms with van der Waals surface area (Å²) in [7, 11) is 1.70. The molecule has 0 saturated carbocycles. The molecule has 5 nitrogen and oxygen atoms in total. The van der Waals surface area contributed by atoms with Crippen LogP contribution in [0, 0.1) is 5.92 Å². The highest BCUT2D eigenvalue weighted by atomic mass is 16.5. The van der Waals surface area contributed by atoms with Crippen LogP contribution in [0.5, 0.6) is 5.75 Å². The third kappa shape index (κ3) is 5.00. The lowest BCUT2D eigenvalue weighted by Crippen LogP contribution is -2.49. The minimum absolute atomic E-state index is 0.0790. The monoisotopic (exact) mass is 420 g/mol. The van der Waals surface area contributed by atoms with Crippen LogP contribution >= 0.6 is 0 Å². The SMILES string of the molecule is C=CCOCC(=O)N1CC[C@@H]2[C@H](C1)[C@@H](c1ccc(OC)cc1)CN2Cc1ccccc1. The number of hydrogen-bond acceptors (Lipinski definition) is 4. The summed E-state index contributed by atoms with van der Waals surface area (Å²) in [6, 6.07) is 19.6. The molecule has 0 bridgehead atoms. The van der Waals surface area contributed by atoms with Gasteiger partial charge in [-0.15, -0.1) is 6.58 Å². The number of benzene rings is 2. The number of hydrogen-bond donors (Lipinski definition) is 0. The van der Waals surface area contributed by atoms with Crippen LogP contribution in [0.3, 0.4) is 0 Å². The van der Waals surface area contributed by atoms with E-state index in [4.69, 9.17) is 9.47 Å². The topological polar surface area (TPSA) is 42.0 Å². The molecule has 1 amide bonds. The molecule has 3 atom stereocenters. The predicted octanol–water partition coefficient (Wildman–Crippen LogP) is 3.71. The van der Waals surface area contributed by atoms with Crippen molar-refractivity contribution in [2.75, 3.05) is 40.0 Å². The van der Waals surface area contributed by atoms with Crippen LogP contribution in [-0.2, 0) is 16.1 Å². The quantitative estimate of drug-likeness (QED) is 0.482. The van der Waals surface area contributed by atoms with E-state index in [-0.39, 0.29) is 12.5 Å². The van der Waals surface area contributed by atoms with E-state index in [2.05, 4.69) is 53.9 Å². The Morgan fingerprint density at radius 3 is 2.61 bits per heavy atom. The third-order valence-electron chi connectivity index (χ3n) is 6.62. The molecule has 0 unspecified atom stereocenters. The van der Waals surface area contributed by atoms with Crippen molar-refractivity contribution < 1.29 is 14.3 Å². The van der Waals surface area contributed by atoms with E-state index in [1.807, 2.05) is 17.0 Å². The molecule has 0 N–H and O–H groups in total. The number of rotatable bonds is 8. The Labute approximate surface area is 185 Å². The van der Waals surface area contributed by atoms with Crippen molar-refractivity contribution in [2.24, 2.45) is 5.92 Å². The lowest BCUT2D eigenvalue weighted by molar-refractivity contribution is -0.138. The Kier molecular flexibility index (Phi) is 7.05. The van der Waals surface area contributed by atoms with Gasteiger partial charge in [-0.05, 0) is 29.7 Å². The number of ether oxygens (including phenoxy) is 2. The Hall–Kier alpha value is -2.63. The van der Waals surface area contributed by atoms with Gasteiger partial charge in [0.15, 0.2) is 0 Å². The van der Waals surface area contributed by atoms with E-state index in [1.165, 1.54) is 11.1 Å². The van der Waals surface area contributed by atoms with Crippen LogP contribution < -0.4 is 4.74 Å². The van der Waals surface area contributed by atoms with Crippen LogP contribution in [0.25, 0.3) is 0 Å². The summed E-state index contributed by atoms with van der Waals surface area (Å²) in [5, 5.41) is 0. The summed E-state index contributed by atoms with van der Waals surface area (Å²) >= 11 is 0. The summed E-state index contributed by atoms with van der Waals surface area (Å²) < 4.78 is 10.8. The van der Waals surface area contributed by atoms with Crippen molar-refractivity contribution in [1.29, 1.82) is 0 Å². The van der Waals surface area contributed by atoms with Crippen molar-refractivity contribution in [2.45, 2.75) is 24.9 Å². The van der Waals surface area contributed by atoms with Crippen molar-refractivity contribution in [3.8, 4) is 5.75 Å². The van der Waals surface area contributed by atoms with E-state index < -0.39 is 0 Å². The number of likely N-dealkylation sites (tertiary alicyclic amines) is 2. The Morgan fingerprint density at radius 1 is 1.13 bits per heavy atom. The van der Waals surface area contributed by atoms with Crippen molar-refractivity contribution in [1.82, 2.24) is 9.80 Å². The molecule has 5 heteroatoms. The first-order chi connectivity index (χ1) is 15.2. The van der Waals surface area contributed by atoms with Gasteiger partial charge in [0.25, 0.3) is 0 Å². The second-order valence-electron chi connectivity index (χ2n) is 8.46. The minimum Gasteiger partial charge on any atom is -0.497 e. The lowest BCUT2D eigenvalue weighted by Gasteiger charge is -2.39. The highest BCUT2D eigenvalue weighted by molar-refractivity contribution is 5.77. The molecule has 2 heterocycles. The number of fused-ring (bicyclic) bond motifs is 1. The van der Waals surface area contributed by atoms with Gasteiger partial charge >= 0.3 is 0 Å². The van der Waals surface area contributed by atoms with Gasteiger partial charge in [0.2, 0.25) is 5.91 Å². The van der Waals surface area contributed by atoms with Gasteiger partial charge in [-0.3, -0.25) is 9.69 Å². The maximum absolute atomic E-state index is 12.7. The van der Waals surface area contributed by atoms with Gasteiger partial charge < -0.3 is 14.4 Å². The van der Waals surface area contributed by atoms with Gasteiger partial charge in [-0.25, -0.2) is 0 Å². The molecule has 2 aliphatic rings. The number of amides is 1. The number of methoxy groups -OCH3 is 1. The van der Waals surface area contributed by atoms with Gasteiger partial charge in [0.05, 0.1) is 13.7 Å². The summed E-state index contributed by atoms with van der Waals surface area (Å²) in [6.45, 7) is 7.71. The van der Waals surface area contributed by atoms with Gasteiger partial charge in [0, 0.05) is 44.1 Å². The molecular weight excluding hydrogens is 388 g/mol. The van der Waals surface area contributed by atoms with Crippen LogP contribution in [0.1, 0.15) is 23.5 Å². The summed E-state index contributed by atoms with van der Waals surface area (Å²) in [4.78, 5) is 17.3. The van der Waals surface area contributed by atoms with Crippen LogP contribution in [0.15, 0.2) is 67.3 Å². The zero-order valence-electron chi connectivity index (χ0n) is 18.3. The zero-order valence-corrected chi connectivity index (χ0v) is 18.3. The molecule has 164 valence electrons. The number of piperidine rings is 1. The van der Waals surface area contributed by atoms with E-state index in [9.17, 15) is 4.79 Å². The highest BCUT2D eigenvalue weighted by Gasteiger charge is 2.45. The Balaban J connectivity index is 1.52. The van der Waals surface area contributed by atoms with Gasteiger partial charge in [-0.1, -0.05) is 48.5 Å². The number of carbonyl (C=O) groups excluding carboxylic acids is 1. The first kappa shape index (κ1) is 21.6. The molecule has 4 rings (SSSR count). The third-order valence-corrected chi connectivity index (χ3v) is 6.62. The first-order valence-electron chi connectivity index (χ1n) is 11.1. The van der Waals surface area contributed by atoms with E-state index >= 15 is 0 Å². The standard InChI is InChI=1S/C26H32N2O3/c1-3-15-31-19-26(29)27-14-13-25-24(18-27)23(21-9-11-22(30-2)12-10-21)17-28(25)16-20-7-5-4-6-8-20/h3-12,23-25H,1,13-19H2,2H3/t23-,24-,25-/m1/s1. The molecule has 0 aliphatic carbocycles. The molecule has 2 aromatic rings. The van der Waals surface area contributed by atoms with Crippen molar-refractivity contribution in [3.05, 3.63) is 78.4 Å². The average Bonchev–Trinajstić information content (AvgIpc) is 3.17. The molecule has 2 aliphatic heterocycles. The normalized spacial score (nSPS) is 23.4. The first-order valence-corrected chi connectivity index (χ1v) is 11.1. The van der Waals surface area contributed by atoms with Gasteiger partial charge in [0.1, 0.15) is 12.4 Å². The average molecular weight is 421 g/mol. The zero-order chi connectivity index (χ0) is 21.6. The Bertz CT molecular complexity index is 868. The molecule has 31 heavy (non-hydrogen) atoms. The number of nitrogens with zero attached hydrogens (tertiary/aromatic N) is 2. The highest BCUT2D eigenvalue weighted by Crippen LogP contribution is 2.42. The Morgan fingerprint density at radius 2 is 1.90 bits per heavy atom. The van der Waals surface area contributed by atoms with Crippen LogP contribution in [0.4, 0.5) is 0 Å². The van der Waals surface area contributed by atoms with E-state index in [1.54, 1.807) is 13.2 Å². The smallest absolute Gasteiger partial charge is 0.248 e. The maximum atomic E-state index is 12.7. The fourth-order valence-corrected chi connectivity index (χ4v) is 5.09. The fourth-order valence-electron chi connectivity index (χ4n) is 5.09. The van der Waals surface area contributed by atoms with Crippen LogP contribution in [-0.4, -0.2) is 61.7 Å². The maximum Gasteiger partial charge on any atom is 0.248 e. The predicted molar refractivity (Wildman–Crippen MR) is 122 cm³/mol. The van der Waals surface area contributed by atoms with Crippen molar-refractivity contribution >= 4 is 5.91 Å². The summed E-state index contributed by atoms with van der Waals surface area (Å²) in [5.41, 5.74) is 2.66. The molecule has 2 saturated heterocycles. The number of carbonyl (C=O) groups is 1. The molecule has 2 aromatic carbocycles. The van der Waals surface area contributed by atoms with Crippen LogP contribution in [0.2, 0.25) is 0 Å². The minimum atomic E-state index is 0.0790. The fraction of sp³-hybridized carbons (Fsp3) is 0.423. The molecule has 0 radical (unpaired) electrons. The second-order valence-corrected chi connectivity index (χ2v) is 8.46. The summed E-state index contributed by atoms with van der Waals surface area (Å²) in [6.07, 6.45) is 2.68. The van der Waals surface area contributed by atoms with E-state index in [0.29, 0.717) is 24.5 Å². The summed E-state index contributed by atoms with van der Waals surface area (Å²) in [5.74, 6) is 1.76. The molecule has 0 aromatic heterocycles. The second kappa shape index (κ2) is 10.1. The largest absolute Gasteiger partial charge is 0.497 e. The lowest BCUT2D eigenvalue weighted by atomic mass is 9.81. The van der Waals surface area contributed by atoms with Crippen molar-refractivity contribution in [3.63, 3.8) is 0 Å².